The molecule has 0 unspecified atom stereocenters. The van der Waals surface area contributed by atoms with Gasteiger partial charge in [0.2, 0.25) is 0 Å². The first kappa shape index (κ1) is 9.71. The minimum absolute atomic E-state index is 0.471. The highest BCUT2D eigenvalue weighted by molar-refractivity contribution is 9.10. The zero-order valence-electron chi connectivity index (χ0n) is 7.79. The van der Waals surface area contributed by atoms with Crippen molar-refractivity contribution in [2.75, 3.05) is 0 Å². The number of aromatic nitrogens is 1. The molecule has 2 rings (SSSR count). The Bertz CT molecular complexity index is 464. The molecule has 0 aliphatic rings. The summed E-state index contributed by atoms with van der Waals surface area (Å²) in [5, 5.41) is 9.79. The fourth-order valence-electron chi connectivity index (χ4n) is 1.58. The molecule has 0 atom stereocenters. The van der Waals surface area contributed by atoms with Crippen LogP contribution in [0.25, 0.3) is 10.9 Å². The molecule has 2 aromatic rings. The van der Waals surface area contributed by atoms with Crippen molar-refractivity contribution >= 4 is 26.8 Å². The molecular weight excluding hydrogens is 244 g/mol. The number of hydrogen-bond donors (Lipinski definition) is 2. The lowest BCUT2D eigenvalue weighted by atomic mass is 10.2. The van der Waals surface area contributed by atoms with Gasteiger partial charge in [-0.2, -0.15) is 0 Å². The van der Waals surface area contributed by atoms with Gasteiger partial charge in [0.1, 0.15) is 0 Å². The van der Waals surface area contributed by atoms with Crippen molar-refractivity contribution in [2.45, 2.75) is 6.54 Å². The topological polar surface area (TPSA) is 37.2 Å². The smallest absolute Gasteiger partial charge is 0.0492 e. The van der Waals surface area contributed by atoms with Crippen LogP contribution in [0.3, 0.4) is 0 Å². The Morgan fingerprint density at radius 1 is 1.50 bits per heavy atom. The van der Waals surface area contributed by atoms with Crippen molar-refractivity contribution in [2.24, 2.45) is 7.05 Å². The van der Waals surface area contributed by atoms with Gasteiger partial charge in [-0.1, -0.05) is 12.1 Å². The van der Waals surface area contributed by atoms with Gasteiger partial charge in [0.25, 0.3) is 0 Å². The number of rotatable bonds is 2. The SMILES string of the molecule is Cn1cc(Br)c2ccc(CNO)cc21. The van der Waals surface area contributed by atoms with Crippen molar-refractivity contribution in [1.29, 1.82) is 0 Å². The summed E-state index contributed by atoms with van der Waals surface area (Å²) in [6.07, 6.45) is 2.03. The highest BCUT2D eigenvalue weighted by Gasteiger charge is 2.04. The summed E-state index contributed by atoms with van der Waals surface area (Å²) in [5.41, 5.74) is 4.37. The van der Waals surface area contributed by atoms with E-state index in [1.165, 1.54) is 5.39 Å². The molecule has 0 aliphatic carbocycles. The maximum absolute atomic E-state index is 8.60. The number of hydroxylamine groups is 1. The van der Waals surface area contributed by atoms with Gasteiger partial charge in [-0.25, -0.2) is 5.48 Å². The zero-order valence-corrected chi connectivity index (χ0v) is 9.37. The quantitative estimate of drug-likeness (QED) is 0.808. The van der Waals surface area contributed by atoms with Gasteiger partial charge in [-0.15, -0.1) is 0 Å². The Morgan fingerprint density at radius 3 is 3.00 bits per heavy atom. The van der Waals surface area contributed by atoms with Crippen LogP contribution >= 0.6 is 15.9 Å². The number of fused-ring (bicyclic) bond motifs is 1. The van der Waals surface area contributed by atoms with E-state index in [0.717, 1.165) is 15.6 Å². The van der Waals surface area contributed by atoms with Crippen molar-refractivity contribution in [3.05, 3.63) is 34.4 Å². The summed E-state index contributed by atoms with van der Waals surface area (Å²) < 4.78 is 3.15. The summed E-state index contributed by atoms with van der Waals surface area (Å²) in [7, 11) is 2.00. The van der Waals surface area contributed by atoms with Gasteiger partial charge in [0.05, 0.1) is 0 Å². The number of aryl methyl sites for hydroxylation is 1. The number of hydrogen-bond acceptors (Lipinski definition) is 2. The van der Waals surface area contributed by atoms with E-state index < -0.39 is 0 Å². The van der Waals surface area contributed by atoms with E-state index in [1.54, 1.807) is 0 Å². The molecule has 0 saturated heterocycles. The second-order valence-electron chi connectivity index (χ2n) is 3.27. The highest BCUT2D eigenvalue weighted by Crippen LogP contribution is 2.26. The van der Waals surface area contributed by atoms with Crippen molar-refractivity contribution in [1.82, 2.24) is 10.0 Å². The van der Waals surface area contributed by atoms with E-state index in [-0.39, 0.29) is 0 Å². The monoisotopic (exact) mass is 254 g/mol. The van der Waals surface area contributed by atoms with Crippen LogP contribution in [-0.4, -0.2) is 9.77 Å². The highest BCUT2D eigenvalue weighted by atomic mass is 79.9. The Kier molecular flexibility index (Phi) is 2.58. The number of benzene rings is 1. The maximum Gasteiger partial charge on any atom is 0.0492 e. The molecule has 1 aromatic heterocycles. The lowest BCUT2D eigenvalue weighted by Crippen LogP contribution is -2.05. The molecule has 0 aliphatic heterocycles. The first-order valence-electron chi connectivity index (χ1n) is 4.33. The molecule has 1 heterocycles. The van der Waals surface area contributed by atoms with E-state index in [9.17, 15) is 0 Å². The fourth-order valence-corrected chi connectivity index (χ4v) is 2.22. The molecular formula is C10H11BrN2O. The van der Waals surface area contributed by atoms with Crippen LogP contribution in [0.5, 0.6) is 0 Å². The Hall–Kier alpha value is -0.840. The van der Waals surface area contributed by atoms with Crippen LogP contribution < -0.4 is 5.48 Å². The van der Waals surface area contributed by atoms with Crippen LogP contribution in [0.4, 0.5) is 0 Å². The molecule has 0 radical (unpaired) electrons. The third-order valence-electron chi connectivity index (χ3n) is 2.29. The normalized spacial score (nSPS) is 11.1. The van der Waals surface area contributed by atoms with Gasteiger partial charge < -0.3 is 9.77 Å². The van der Waals surface area contributed by atoms with Gasteiger partial charge in [0.15, 0.2) is 0 Å². The number of halogens is 1. The maximum atomic E-state index is 8.60. The van der Waals surface area contributed by atoms with Gasteiger partial charge >= 0.3 is 0 Å². The standard InChI is InChI=1S/C10H11BrN2O/c1-13-6-9(11)8-3-2-7(5-12-14)4-10(8)13/h2-4,6,12,14H,5H2,1H3. The molecule has 14 heavy (non-hydrogen) atoms. The molecule has 1 aromatic carbocycles. The summed E-state index contributed by atoms with van der Waals surface area (Å²) >= 11 is 3.50. The minimum atomic E-state index is 0.471. The molecule has 2 N–H and O–H groups in total. The number of nitrogens with one attached hydrogen (secondary N) is 1. The Morgan fingerprint density at radius 2 is 2.29 bits per heavy atom. The largest absolute Gasteiger partial charge is 0.349 e. The molecule has 0 spiro atoms. The minimum Gasteiger partial charge on any atom is -0.349 e. The molecule has 74 valence electrons. The van der Waals surface area contributed by atoms with Crippen molar-refractivity contribution in [3.63, 3.8) is 0 Å². The zero-order chi connectivity index (χ0) is 10.1. The van der Waals surface area contributed by atoms with Crippen molar-refractivity contribution < 1.29 is 5.21 Å². The average Bonchev–Trinajstić information content (AvgIpc) is 2.43. The lowest BCUT2D eigenvalue weighted by molar-refractivity contribution is 0.161. The van der Waals surface area contributed by atoms with E-state index in [2.05, 4.69) is 32.0 Å². The molecule has 3 nitrogen and oxygen atoms in total. The summed E-state index contributed by atoms with van der Waals surface area (Å²) in [4.78, 5) is 0. The average molecular weight is 255 g/mol. The molecule has 0 fully saturated rings. The van der Waals surface area contributed by atoms with E-state index >= 15 is 0 Å². The summed E-state index contributed by atoms with van der Waals surface area (Å²) in [6.45, 7) is 0.471. The van der Waals surface area contributed by atoms with Crippen LogP contribution in [0.15, 0.2) is 28.9 Å². The molecule has 0 bridgehead atoms. The van der Waals surface area contributed by atoms with Crippen LogP contribution in [0, 0.1) is 0 Å². The first-order chi connectivity index (χ1) is 6.72. The predicted octanol–water partition coefficient (Wildman–Crippen LogP) is 2.42. The molecule has 4 heteroatoms. The fraction of sp³-hybridized carbons (Fsp3) is 0.200. The number of nitrogens with zero attached hydrogens (tertiary/aromatic N) is 1. The van der Waals surface area contributed by atoms with E-state index in [0.29, 0.717) is 6.54 Å². The van der Waals surface area contributed by atoms with Crippen LogP contribution in [0.2, 0.25) is 0 Å². The van der Waals surface area contributed by atoms with Crippen LogP contribution in [-0.2, 0) is 13.6 Å². The van der Waals surface area contributed by atoms with E-state index in [1.807, 2.05) is 25.4 Å². The Balaban J connectivity index is 2.59. The van der Waals surface area contributed by atoms with Gasteiger partial charge in [-0.05, 0) is 27.6 Å². The second kappa shape index (κ2) is 3.73. The molecule has 0 saturated carbocycles. The van der Waals surface area contributed by atoms with Gasteiger partial charge in [-0.3, -0.25) is 0 Å². The predicted molar refractivity (Wildman–Crippen MR) is 59.2 cm³/mol. The molecule has 0 amide bonds. The van der Waals surface area contributed by atoms with Gasteiger partial charge in [0, 0.05) is 35.2 Å². The second-order valence-corrected chi connectivity index (χ2v) is 4.13. The van der Waals surface area contributed by atoms with E-state index in [4.69, 9.17) is 5.21 Å². The lowest BCUT2D eigenvalue weighted by Gasteiger charge is -2.01. The Labute approximate surface area is 90.4 Å². The first-order valence-corrected chi connectivity index (χ1v) is 5.12. The third-order valence-corrected chi connectivity index (χ3v) is 2.92. The third kappa shape index (κ3) is 1.56. The van der Waals surface area contributed by atoms with Crippen molar-refractivity contribution in [3.8, 4) is 0 Å². The van der Waals surface area contributed by atoms with Crippen LogP contribution in [0.1, 0.15) is 5.56 Å². The summed E-state index contributed by atoms with van der Waals surface area (Å²) in [5.74, 6) is 0. The summed E-state index contributed by atoms with van der Waals surface area (Å²) in [6, 6.07) is 6.10.